The highest BCUT2D eigenvalue weighted by Crippen LogP contribution is 2.25. The van der Waals surface area contributed by atoms with Crippen LogP contribution in [0.5, 0.6) is 0 Å². The number of carbonyl (C=O) groups excluding carboxylic acids is 1. The summed E-state index contributed by atoms with van der Waals surface area (Å²) >= 11 is 0. The molecule has 1 aliphatic rings. The Morgan fingerprint density at radius 3 is 2.40 bits per heavy atom. The van der Waals surface area contributed by atoms with Gasteiger partial charge >= 0.3 is 5.97 Å². The van der Waals surface area contributed by atoms with Crippen molar-refractivity contribution in [2.24, 2.45) is 0 Å². The van der Waals surface area contributed by atoms with Crippen molar-refractivity contribution in [1.82, 2.24) is 0 Å². The van der Waals surface area contributed by atoms with Gasteiger partial charge in [0.15, 0.2) is 0 Å². The summed E-state index contributed by atoms with van der Waals surface area (Å²) < 4.78 is 10.7. The Morgan fingerprint density at radius 2 is 1.70 bits per heavy atom. The Balaban J connectivity index is 2.04. The van der Waals surface area contributed by atoms with Crippen LogP contribution in [-0.4, -0.2) is 25.3 Å². The van der Waals surface area contributed by atoms with Crippen LogP contribution >= 0.6 is 0 Å². The normalized spacial score (nSPS) is 22.7. The molecule has 1 saturated heterocycles. The van der Waals surface area contributed by atoms with Crippen molar-refractivity contribution in [3.8, 4) is 0 Å². The highest BCUT2D eigenvalue weighted by atomic mass is 16.5. The predicted molar refractivity (Wildman–Crippen MR) is 81.8 cm³/mol. The highest BCUT2D eigenvalue weighted by Gasteiger charge is 2.24. The molecule has 1 fully saturated rings. The van der Waals surface area contributed by atoms with Crippen molar-refractivity contribution in [3.05, 3.63) is 0 Å². The SMILES string of the molecule is CCCCCCCCCC1CCCC(CC(=O)OC)O1. The van der Waals surface area contributed by atoms with Crippen molar-refractivity contribution in [2.45, 2.75) is 96.2 Å². The van der Waals surface area contributed by atoms with Gasteiger partial charge in [-0.05, 0) is 25.7 Å². The first kappa shape index (κ1) is 17.5. The zero-order chi connectivity index (χ0) is 14.6. The number of ether oxygens (including phenoxy) is 2. The number of esters is 1. The third-order valence-corrected chi connectivity index (χ3v) is 4.19. The van der Waals surface area contributed by atoms with Crippen LogP contribution in [0.1, 0.15) is 84.0 Å². The molecule has 2 atom stereocenters. The van der Waals surface area contributed by atoms with Gasteiger partial charge in [-0.15, -0.1) is 0 Å². The zero-order valence-corrected chi connectivity index (χ0v) is 13.4. The van der Waals surface area contributed by atoms with Gasteiger partial charge in [0.2, 0.25) is 0 Å². The van der Waals surface area contributed by atoms with Gasteiger partial charge < -0.3 is 9.47 Å². The van der Waals surface area contributed by atoms with E-state index in [0.717, 1.165) is 19.3 Å². The minimum Gasteiger partial charge on any atom is -0.469 e. The van der Waals surface area contributed by atoms with E-state index in [9.17, 15) is 4.79 Å². The van der Waals surface area contributed by atoms with Crippen LogP contribution in [0, 0.1) is 0 Å². The summed E-state index contributed by atoms with van der Waals surface area (Å²) in [5.74, 6) is -0.147. The third-order valence-electron chi connectivity index (χ3n) is 4.19. The maximum absolute atomic E-state index is 11.3. The highest BCUT2D eigenvalue weighted by molar-refractivity contribution is 5.69. The lowest BCUT2D eigenvalue weighted by Crippen LogP contribution is -2.29. The molecule has 0 saturated carbocycles. The lowest BCUT2D eigenvalue weighted by Gasteiger charge is -2.29. The van der Waals surface area contributed by atoms with Crippen molar-refractivity contribution in [2.75, 3.05) is 7.11 Å². The maximum atomic E-state index is 11.3. The van der Waals surface area contributed by atoms with E-state index in [1.54, 1.807) is 0 Å². The standard InChI is InChI=1S/C17H32O3/c1-3-4-5-6-7-8-9-11-15-12-10-13-16(20-15)14-17(18)19-2/h15-16H,3-14H2,1-2H3. The lowest BCUT2D eigenvalue weighted by atomic mass is 9.98. The third kappa shape index (κ3) is 7.88. The van der Waals surface area contributed by atoms with Crippen molar-refractivity contribution in [1.29, 1.82) is 0 Å². The van der Waals surface area contributed by atoms with E-state index in [1.165, 1.54) is 58.5 Å². The summed E-state index contributed by atoms with van der Waals surface area (Å²) in [7, 11) is 1.45. The van der Waals surface area contributed by atoms with Crippen LogP contribution in [0.25, 0.3) is 0 Å². The molecule has 0 aromatic heterocycles. The van der Waals surface area contributed by atoms with Crippen LogP contribution in [0.4, 0.5) is 0 Å². The second-order valence-corrected chi connectivity index (χ2v) is 6.00. The average Bonchev–Trinajstić information content (AvgIpc) is 2.46. The molecular weight excluding hydrogens is 252 g/mol. The fourth-order valence-electron chi connectivity index (χ4n) is 2.94. The van der Waals surface area contributed by atoms with E-state index in [2.05, 4.69) is 6.92 Å². The summed E-state index contributed by atoms with van der Waals surface area (Å²) in [5.41, 5.74) is 0. The maximum Gasteiger partial charge on any atom is 0.308 e. The Bertz CT molecular complexity index is 253. The van der Waals surface area contributed by atoms with Gasteiger partial charge in [0.1, 0.15) is 0 Å². The van der Waals surface area contributed by atoms with Crippen molar-refractivity contribution in [3.63, 3.8) is 0 Å². The number of rotatable bonds is 10. The fraction of sp³-hybridized carbons (Fsp3) is 0.941. The first-order chi connectivity index (χ1) is 9.76. The van der Waals surface area contributed by atoms with Gasteiger partial charge in [-0.1, -0.05) is 51.9 Å². The van der Waals surface area contributed by atoms with Crippen molar-refractivity contribution < 1.29 is 14.3 Å². The minimum absolute atomic E-state index is 0.0887. The minimum atomic E-state index is -0.147. The summed E-state index contributed by atoms with van der Waals surface area (Å²) in [6, 6.07) is 0. The topological polar surface area (TPSA) is 35.5 Å². The molecule has 0 amide bonds. The Morgan fingerprint density at radius 1 is 1.05 bits per heavy atom. The number of hydrogen-bond acceptors (Lipinski definition) is 3. The van der Waals surface area contributed by atoms with Gasteiger partial charge in [-0.2, -0.15) is 0 Å². The molecule has 118 valence electrons. The molecule has 0 aromatic carbocycles. The van der Waals surface area contributed by atoms with Crippen molar-refractivity contribution >= 4 is 5.97 Å². The summed E-state index contributed by atoms with van der Waals surface area (Å²) in [4.78, 5) is 11.3. The number of methoxy groups -OCH3 is 1. The monoisotopic (exact) mass is 284 g/mol. The largest absolute Gasteiger partial charge is 0.469 e. The summed E-state index contributed by atoms with van der Waals surface area (Å²) in [6.45, 7) is 2.26. The number of hydrogen-bond donors (Lipinski definition) is 0. The molecule has 0 spiro atoms. The van der Waals surface area contributed by atoms with E-state index in [1.807, 2.05) is 0 Å². The molecular formula is C17H32O3. The molecule has 0 aliphatic carbocycles. The molecule has 20 heavy (non-hydrogen) atoms. The Hall–Kier alpha value is -0.570. The van der Waals surface area contributed by atoms with Gasteiger partial charge in [0.05, 0.1) is 25.7 Å². The molecule has 2 unspecified atom stereocenters. The molecule has 0 aromatic rings. The molecule has 0 bridgehead atoms. The van der Waals surface area contributed by atoms with Crippen LogP contribution < -0.4 is 0 Å². The number of carbonyl (C=O) groups is 1. The first-order valence-electron chi connectivity index (χ1n) is 8.48. The second-order valence-electron chi connectivity index (χ2n) is 6.00. The molecule has 1 rings (SSSR count). The van der Waals surface area contributed by atoms with Crippen LogP contribution in [0.15, 0.2) is 0 Å². The van der Waals surface area contributed by atoms with E-state index < -0.39 is 0 Å². The zero-order valence-electron chi connectivity index (χ0n) is 13.4. The average molecular weight is 284 g/mol. The first-order valence-corrected chi connectivity index (χ1v) is 8.48. The van der Waals surface area contributed by atoms with Gasteiger partial charge in [-0.3, -0.25) is 4.79 Å². The van der Waals surface area contributed by atoms with Crippen LogP contribution in [-0.2, 0) is 14.3 Å². The second kappa shape index (κ2) is 11.1. The lowest BCUT2D eigenvalue weighted by molar-refractivity contribution is -0.147. The molecule has 0 N–H and O–H groups in total. The number of unbranched alkanes of at least 4 members (excludes halogenated alkanes) is 6. The Labute approximate surface area is 124 Å². The smallest absolute Gasteiger partial charge is 0.308 e. The molecule has 1 aliphatic heterocycles. The van der Waals surface area contributed by atoms with E-state index >= 15 is 0 Å². The fourth-order valence-corrected chi connectivity index (χ4v) is 2.94. The molecule has 3 heteroatoms. The van der Waals surface area contributed by atoms with Gasteiger partial charge in [0, 0.05) is 0 Å². The Kier molecular flexibility index (Phi) is 9.73. The van der Waals surface area contributed by atoms with Gasteiger partial charge in [-0.25, -0.2) is 0 Å². The summed E-state index contributed by atoms with van der Waals surface area (Å²) in [6.07, 6.45) is 14.8. The molecule has 0 radical (unpaired) electrons. The molecule has 1 heterocycles. The summed E-state index contributed by atoms with van der Waals surface area (Å²) in [5, 5.41) is 0. The van der Waals surface area contributed by atoms with E-state index in [-0.39, 0.29) is 12.1 Å². The quantitative estimate of drug-likeness (QED) is 0.433. The van der Waals surface area contributed by atoms with Crippen LogP contribution in [0.2, 0.25) is 0 Å². The van der Waals surface area contributed by atoms with E-state index in [4.69, 9.17) is 9.47 Å². The van der Waals surface area contributed by atoms with Crippen LogP contribution in [0.3, 0.4) is 0 Å². The predicted octanol–water partition coefficient (Wildman–Crippen LogP) is 4.63. The molecule has 3 nitrogen and oxygen atoms in total. The van der Waals surface area contributed by atoms with Gasteiger partial charge in [0.25, 0.3) is 0 Å². The van der Waals surface area contributed by atoms with E-state index in [0.29, 0.717) is 12.5 Å².